The molecule has 3 rings (SSSR count). The third kappa shape index (κ3) is 4.68. The van der Waals surface area contributed by atoms with Crippen LogP contribution < -0.4 is 20.5 Å². The highest BCUT2D eigenvalue weighted by Crippen LogP contribution is 2.31. The lowest BCUT2D eigenvalue weighted by Gasteiger charge is -2.27. The van der Waals surface area contributed by atoms with E-state index in [0.29, 0.717) is 5.75 Å². The van der Waals surface area contributed by atoms with Gasteiger partial charge in [0.1, 0.15) is 5.75 Å². The van der Waals surface area contributed by atoms with Gasteiger partial charge < -0.3 is 14.8 Å². The molecule has 3 aromatic carbocycles. The van der Waals surface area contributed by atoms with Crippen LogP contribution in [0.1, 0.15) is 6.92 Å². The second kappa shape index (κ2) is 8.56. The summed E-state index contributed by atoms with van der Waals surface area (Å²) in [6.07, 6.45) is -0.721. The van der Waals surface area contributed by atoms with E-state index in [9.17, 15) is 4.79 Å². The van der Waals surface area contributed by atoms with Gasteiger partial charge in [0.15, 0.2) is 11.4 Å². The summed E-state index contributed by atoms with van der Waals surface area (Å²) in [5, 5.41) is 3.35. The number of carbonyl (C=O) groups is 1. The average Bonchev–Trinajstić information content (AvgIpc) is 2.70. The molecule has 0 aliphatic rings. The van der Waals surface area contributed by atoms with E-state index < -0.39 is 6.16 Å². The highest BCUT2D eigenvalue weighted by molar-refractivity contribution is 5.66. The van der Waals surface area contributed by atoms with Crippen molar-refractivity contribution >= 4 is 28.9 Å². The number of hydrogen-bond acceptors (Lipinski definition) is 5. The van der Waals surface area contributed by atoms with Crippen LogP contribution in [0.25, 0.3) is 0 Å². The number of hydrogen-bond donors (Lipinski definition) is 2. The predicted molar refractivity (Wildman–Crippen MR) is 112 cm³/mol. The molecule has 3 aromatic rings. The molecule has 0 aliphatic carbocycles. The second-order valence-electron chi connectivity index (χ2n) is 6.39. The number of nitrogens with one attached hydrogen (secondary N) is 1. The molecule has 28 heavy (non-hydrogen) atoms. The van der Waals surface area contributed by atoms with Gasteiger partial charge in [-0.2, -0.15) is 10.4 Å². The molecule has 0 saturated heterocycles. The van der Waals surface area contributed by atoms with E-state index in [2.05, 4.69) is 5.32 Å². The van der Waals surface area contributed by atoms with Crippen LogP contribution in [0.2, 0.25) is 0 Å². The highest BCUT2D eigenvalue weighted by Gasteiger charge is 2.24. The molecule has 0 bridgehead atoms. The summed E-state index contributed by atoms with van der Waals surface area (Å²) in [5.74, 6) is 6.95. The van der Waals surface area contributed by atoms with E-state index in [4.69, 9.17) is 15.3 Å². The zero-order valence-electron chi connectivity index (χ0n) is 16.0. The van der Waals surface area contributed by atoms with Crippen LogP contribution in [0, 0.1) is 0 Å². The quantitative estimate of drug-likeness (QED) is 0.205. The largest absolute Gasteiger partial charge is 0.513 e. The maximum absolute atomic E-state index is 11.4. The van der Waals surface area contributed by atoms with Gasteiger partial charge in [0.25, 0.3) is 0 Å². The monoisotopic (exact) mass is 378 g/mol. The van der Waals surface area contributed by atoms with Gasteiger partial charge in [0, 0.05) is 35.6 Å². The van der Waals surface area contributed by atoms with Crippen LogP contribution in [0.4, 0.5) is 27.5 Å². The number of nitrogens with zero attached hydrogens (tertiary/aromatic N) is 1. The Balaban J connectivity index is 1.72. The molecular weight excluding hydrogens is 354 g/mol. The molecule has 0 heterocycles. The Labute approximate surface area is 164 Å². The summed E-state index contributed by atoms with van der Waals surface area (Å²) in [6, 6.07) is 25.0. The number of carbonyl (C=O) groups excluding carboxylic acids is 1. The fourth-order valence-corrected chi connectivity index (χ4v) is 2.76. The van der Waals surface area contributed by atoms with E-state index >= 15 is 0 Å². The molecule has 6 heteroatoms. The van der Waals surface area contributed by atoms with Crippen LogP contribution in [0.5, 0.6) is 5.75 Å². The zero-order valence-corrected chi connectivity index (χ0v) is 16.0. The minimum absolute atomic E-state index is 0.0608. The van der Waals surface area contributed by atoms with Crippen molar-refractivity contribution in [3.63, 3.8) is 0 Å². The van der Waals surface area contributed by atoms with Gasteiger partial charge in [-0.25, -0.2) is 4.79 Å². The van der Waals surface area contributed by atoms with Crippen LogP contribution in [-0.2, 0) is 4.74 Å². The van der Waals surface area contributed by atoms with E-state index in [0.717, 1.165) is 22.7 Å². The molecule has 0 saturated carbocycles. The molecule has 0 spiro atoms. The van der Waals surface area contributed by atoms with Gasteiger partial charge in [0.2, 0.25) is 0 Å². The van der Waals surface area contributed by atoms with Gasteiger partial charge in [-0.3, -0.25) is 0 Å². The maximum Gasteiger partial charge on any atom is 0.513 e. The van der Waals surface area contributed by atoms with Gasteiger partial charge in [0.05, 0.1) is 13.7 Å². The normalized spacial score (nSPS) is 12.7. The molecule has 0 amide bonds. The lowest BCUT2D eigenvalue weighted by atomic mass is 10.2. The molecule has 144 valence electrons. The van der Waals surface area contributed by atoms with Crippen molar-refractivity contribution in [2.75, 3.05) is 19.0 Å². The van der Waals surface area contributed by atoms with Gasteiger partial charge in [-0.1, -0.05) is 18.2 Å². The topological polar surface area (TPSA) is 73.6 Å². The van der Waals surface area contributed by atoms with Crippen molar-refractivity contribution in [3.05, 3.63) is 78.9 Å². The molecule has 1 unspecified atom stereocenters. The number of ether oxygens (including phenoxy) is 2. The Hall–Kier alpha value is -3.35. The molecule has 0 aromatic heterocycles. The van der Waals surface area contributed by atoms with Crippen LogP contribution in [0.3, 0.4) is 0 Å². The minimum Gasteiger partial charge on any atom is -0.434 e. The Morgan fingerprint density at radius 2 is 1.43 bits per heavy atom. The zero-order chi connectivity index (χ0) is 20.0. The van der Waals surface area contributed by atoms with Crippen molar-refractivity contribution in [1.82, 2.24) is 4.59 Å². The maximum atomic E-state index is 11.4. The van der Waals surface area contributed by atoms with Crippen molar-refractivity contribution in [3.8, 4) is 5.75 Å². The smallest absolute Gasteiger partial charge is 0.434 e. The molecule has 3 N–H and O–H groups in total. The van der Waals surface area contributed by atoms with Crippen LogP contribution in [-0.4, -0.2) is 19.8 Å². The Morgan fingerprint density at radius 3 is 2.00 bits per heavy atom. The van der Waals surface area contributed by atoms with Crippen LogP contribution >= 0.6 is 0 Å². The Morgan fingerprint density at radius 1 is 0.893 bits per heavy atom. The van der Waals surface area contributed by atoms with E-state index in [1.807, 2.05) is 73.8 Å². The number of para-hydroxylation sites is 1. The lowest BCUT2D eigenvalue weighted by Crippen LogP contribution is -2.46. The molecule has 0 radical (unpaired) electrons. The third-order valence-electron chi connectivity index (χ3n) is 4.30. The fraction of sp³-hybridized carbons (Fsp3) is 0.136. The lowest BCUT2D eigenvalue weighted by molar-refractivity contribution is 0.104. The van der Waals surface area contributed by atoms with Crippen molar-refractivity contribution in [2.45, 2.75) is 6.92 Å². The van der Waals surface area contributed by atoms with E-state index in [1.165, 1.54) is 0 Å². The number of benzene rings is 3. The summed E-state index contributed by atoms with van der Waals surface area (Å²) in [6.45, 7) is 1.99. The number of nitrogens with two attached hydrogens (primary N) is 1. The summed E-state index contributed by atoms with van der Waals surface area (Å²) in [7, 11) is 1.89. The number of rotatable bonds is 6. The third-order valence-corrected chi connectivity index (χ3v) is 4.30. The van der Waals surface area contributed by atoms with Crippen molar-refractivity contribution in [2.24, 2.45) is 5.84 Å². The van der Waals surface area contributed by atoms with Gasteiger partial charge >= 0.3 is 6.16 Å². The second-order valence-corrected chi connectivity index (χ2v) is 6.39. The van der Waals surface area contributed by atoms with E-state index in [1.54, 1.807) is 19.1 Å². The molecule has 1 atom stereocenters. The first-order valence-corrected chi connectivity index (χ1v) is 9.02. The first-order chi connectivity index (χ1) is 13.5. The molecule has 0 aliphatic heterocycles. The summed E-state index contributed by atoms with van der Waals surface area (Å²) < 4.78 is 9.91. The van der Waals surface area contributed by atoms with Gasteiger partial charge in [-0.05, 0) is 43.3 Å². The molecule has 6 nitrogen and oxygen atoms in total. The van der Waals surface area contributed by atoms with Gasteiger partial charge in [-0.15, -0.1) is 0 Å². The first-order valence-electron chi connectivity index (χ1n) is 9.02. The predicted octanol–water partition coefficient (Wildman–Crippen LogP) is 5.11. The summed E-state index contributed by atoms with van der Waals surface area (Å²) in [4.78, 5) is 11.4. The molecule has 0 fully saturated rings. The first kappa shape index (κ1) is 19.4. The van der Waals surface area contributed by atoms with Crippen molar-refractivity contribution in [1.29, 1.82) is 0 Å². The number of anilines is 2. The van der Waals surface area contributed by atoms with Crippen LogP contribution in [0.15, 0.2) is 78.9 Å². The average molecular weight is 378 g/mol. The Bertz CT molecular complexity index is 908. The fourth-order valence-electron chi connectivity index (χ4n) is 2.76. The van der Waals surface area contributed by atoms with E-state index in [-0.39, 0.29) is 11.2 Å². The number of quaternary nitrogens is 1. The highest BCUT2D eigenvalue weighted by atomic mass is 16.7. The standard InChI is InChI=1S/C22H24N3O3/c1-3-27-22(26)28-21-15-13-20(14-16-21)25(2,23)19-11-9-18(10-12-19)24-17-7-5-4-6-8-17/h4-16,24H,3,23H2,1-2H3/q+1. The SMILES string of the molecule is CCOC(=O)Oc1ccc([N+](C)(N)c2ccc(Nc3ccccc3)cc2)cc1. The minimum atomic E-state index is -0.721. The Kier molecular flexibility index (Phi) is 5.93. The molecular formula is C22H24N3O3+. The summed E-state index contributed by atoms with van der Waals surface area (Å²) >= 11 is 0. The van der Waals surface area contributed by atoms with Crippen molar-refractivity contribution < 1.29 is 14.3 Å². The summed E-state index contributed by atoms with van der Waals surface area (Å²) in [5.41, 5.74) is 3.77.